The first-order chi connectivity index (χ1) is 9.61. The van der Waals surface area contributed by atoms with Gasteiger partial charge in [-0.2, -0.15) is 5.26 Å². The predicted molar refractivity (Wildman–Crippen MR) is 81.8 cm³/mol. The molecule has 0 amide bonds. The summed E-state index contributed by atoms with van der Waals surface area (Å²) < 4.78 is 0. The zero-order valence-electron chi connectivity index (χ0n) is 12.7. The van der Waals surface area contributed by atoms with Crippen molar-refractivity contribution in [3.05, 3.63) is 22.9 Å². The van der Waals surface area contributed by atoms with Gasteiger partial charge in [-0.05, 0) is 58.3 Å². The van der Waals surface area contributed by atoms with E-state index in [0.717, 1.165) is 23.6 Å². The standard InChI is InChI=1S/C16H24N4/c1-12-9-13(2)19-16(15(12)10-17)18-11-14(3)20-7-5-4-6-8-20/h9,14H,4-8,11H2,1-3H3,(H,18,19). The Labute approximate surface area is 121 Å². The average Bonchev–Trinajstić information content (AvgIpc) is 2.45. The molecule has 4 heteroatoms. The Morgan fingerprint density at radius 2 is 2.05 bits per heavy atom. The number of nitriles is 1. The molecule has 1 atom stereocenters. The molecule has 1 aromatic heterocycles. The van der Waals surface area contributed by atoms with Crippen LogP contribution in [0.25, 0.3) is 0 Å². The second-order valence-electron chi connectivity index (χ2n) is 5.74. The lowest BCUT2D eigenvalue weighted by Gasteiger charge is -2.32. The Balaban J connectivity index is 2.01. The number of nitrogens with one attached hydrogen (secondary N) is 1. The Bertz CT molecular complexity index is 498. The molecule has 0 aromatic carbocycles. The number of likely N-dealkylation sites (tertiary alicyclic amines) is 1. The number of pyridine rings is 1. The van der Waals surface area contributed by atoms with Crippen molar-refractivity contribution in [2.24, 2.45) is 0 Å². The molecular weight excluding hydrogens is 248 g/mol. The van der Waals surface area contributed by atoms with E-state index in [1.54, 1.807) is 0 Å². The van der Waals surface area contributed by atoms with Crippen molar-refractivity contribution in [2.75, 3.05) is 25.0 Å². The molecule has 1 aliphatic rings. The van der Waals surface area contributed by atoms with Gasteiger partial charge in [-0.25, -0.2) is 4.98 Å². The lowest BCUT2D eigenvalue weighted by atomic mass is 10.1. The Morgan fingerprint density at radius 3 is 2.70 bits per heavy atom. The number of aromatic nitrogens is 1. The van der Waals surface area contributed by atoms with Crippen LogP contribution in [-0.4, -0.2) is 35.6 Å². The van der Waals surface area contributed by atoms with Crippen LogP contribution in [0.4, 0.5) is 5.82 Å². The fraction of sp³-hybridized carbons (Fsp3) is 0.625. The van der Waals surface area contributed by atoms with Crippen LogP contribution in [0.15, 0.2) is 6.07 Å². The van der Waals surface area contributed by atoms with E-state index in [2.05, 4.69) is 28.2 Å². The van der Waals surface area contributed by atoms with Crippen molar-refractivity contribution in [1.82, 2.24) is 9.88 Å². The molecule has 1 aromatic rings. The van der Waals surface area contributed by atoms with Crippen LogP contribution >= 0.6 is 0 Å². The van der Waals surface area contributed by atoms with Crippen LogP contribution in [0.2, 0.25) is 0 Å². The summed E-state index contributed by atoms with van der Waals surface area (Å²) in [4.78, 5) is 6.99. The third-order valence-electron chi connectivity index (χ3n) is 4.04. The summed E-state index contributed by atoms with van der Waals surface area (Å²) in [7, 11) is 0. The van der Waals surface area contributed by atoms with Gasteiger partial charge >= 0.3 is 0 Å². The first-order valence-corrected chi connectivity index (χ1v) is 7.48. The van der Waals surface area contributed by atoms with Gasteiger partial charge in [0.1, 0.15) is 11.9 Å². The van der Waals surface area contributed by atoms with E-state index < -0.39 is 0 Å². The molecule has 1 N–H and O–H groups in total. The molecule has 20 heavy (non-hydrogen) atoms. The Morgan fingerprint density at radius 1 is 1.35 bits per heavy atom. The maximum absolute atomic E-state index is 9.26. The van der Waals surface area contributed by atoms with Crippen molar-refractivity contribution in [3.63, 3.8) is 0 Å². The van der Waals surface area contributed by atoms with Crippen molar-refractivity contribution in [2.45, 2.75) is 46.1 Å². The monoisotopic (exact) mass is 272 g/mol. The molecule has 1 fully saturated rings. The van der Waals surface area contributed by atoms with E-state index in [4.69, 9.17) is 0 Å². The van der Waals surface area contributed by atoms with E-state index in [9.17, 15) is 5.26 Å². The highest BCUT2D eigenvalue weighted by Crippen LogP contribution is 2.18. The highest BCUT2D eigenvalue weighted by molar-refractivity contribution is 5.56. The second-order valence-corrected chi connectivity index (χ2v) is 5.74. The molecule has 108 valence electrons. The third kappa shape index (κ3) is 3.49. The quantitative estimate of drug-likeness (QED) is 0.915. The van der Waals surface area contributed by atoms with E-state index >= 15 is 0 Å². The molecule has 1 unspecified atom stereocenters. The summed E-state index contributed by atoms with van der Waals surface area (Å²) in [5, 5.41) is 12.6. The molecule has 0 spiro atoms. The molecule has 0 saturated carbocycles. The van der Waals surface area contributed by atoms with Crippen LogP contribution in [0.5, 0.6) is 0 Å². The third-order valence-corrected chi connectivity index (χ3v) is 4.04. The Hall–Kier alpha value is -1.60. The first kappa shape index (κ1) is 14.8. The number of aryl methyl sites for hydroxylation is 2. The topological polar surface area (TPSA) is 52.0 Å². The number of hydrogen-bond acceptors (Lipinski definition) is 4. The molecular formula is C16H24N4. The van der Waals surface area contributed by atoms with Gasteiger partial charge in [0.15, 0.2) is 0 Å². The fourth-order valence-electron chi connectivity index (χ4n) is 2.84. The average molecular weight is 272 g/mol. The number of nitrogens with zero attached hydrogens (tertiary/aromatic N) is 3. The van der Waals surface area contributed by atoms with Crippen LogP contribution in [0.3, 0.4) is 0 Å². The fourth-order valence-corrected chi connectivity index (χ4v) is 2.84. The van der Waals surface area contributed by atoms with Crippen LogP contribution < -0.4 is 5.32 Å². The maximum atomic E-state index is 9.26. The number of hydrogen-bond donors (Lipinski definition) is 1. The van der Waals surface area contributed by atoms with Crippen LogP contribution in [0, 0.1) is 25.2 Å². The number of anilines is 1. The highest BCUT2D eigenvalue weighted by atomic mass is 15.2. The minimum atomic E-state index is 0.476. The van der Waals surface area contributed by atoms with E-state index in [-0.39, 0.29) is 0 Å². The highest BCUT2D eigenvalue weighted by Gasteiger charge is 2.17. The summed E-state index contributed by atoms with van der Waals surface area (Å²) in [5.41, 5.74) is 2.61. The lowest BCUT2D eigenvalue weighted by Crippen LogP contribution is -2.41. The van der Waals surface area contributed by atoms with Gasteiger partial charge in [0.05, 0.1) is 5.56 Å². The zero-order chi connectivity index (χ0) is 14.5. The normalized spacial score (nSPS) is 17.5. The molecule has 2 rings (SSSR count). The van der Waals surface area contributed by atoms with E-state index in [1.807, 2.05) is 19.9 Å². The predicted octanol–water partition coefficient (Wildman–Crippen LogP) is 2.86. The SMILES string of the molecule is Cc1cc(C)c(C#N)c(NCC(C)N2CCCCC2)n1. The minimum Gasteiger partial charge on any atom is -0.367 e. The molecule has 1 saturated heterocycles. The second kappa shape index (κ2) is 6.71. The molecule has 0 bridgehead atoms. The van der Waals surface area contributed by atoms with Gasteiger partial charge in [-0.3, -0.25) is 4.90 Å². The summed E-state index contributed by atoms with van der Waals surface area (Å²) >= 11 is 0. The zero-order valence-corrected chi connectivity index (χ0v) is 12.7. The van der Waals surface area contributed by atoms with Crippen molar-refractivity contribution < 1.29 is 0 Å². The van der Waals surface area contributed by atoms with Crippen LogP contribution in [0.1, 0.15) is 43.0 Å². The number of piperidine rings is 1. The lowest BCUT2D eigenvalue weighted by molar-refractivity contribution is 0.180. The molecule has 1 aliphatic heterocycles. The van der Waals surface area contributed by atoms with Crippen molar-refractivity contribution >= 4 is 5.82 Å². The van der Waals surface area contributed by atoms with Crippen molar-refractivity contribution in [3.8, 4) is 6.07 Å². The van der Waals surface area contributed by atoms with Gasteiger partial charge < -0.3 is 5.32 Å². The van der Waals surface area contributed by atoms with Gasteiger partial charge in [0.2, 0.25) is 0 Å². The Kier molecular flexibility index (Phi) is 4.97. The van der Waals surface area contributed by atoms with E-state index in [1.165, 1.54) is 32.4 Å². The summed E-state index contributed by atoms with van der Waals surface area (Å²) in [6, 6.07) is 4.69. The summed E-state index contributed by atoms with van der Waals surface area (Å²) in [6.07, 6.45) is 3.96. The van der Waals surface area contributed by atoms with Gasteiger partial charge in [0.25, 0.3) is 0 Å². The maximum Gasteiger partial charge on any atom is 0.144 e. The van der Waals surface area contributed by atoms with E-state index in [0.29, 0.717) is 11.6 Å². The van der Waals surface area contributed by atoms with Crippen LogP contribution in [-0.2, 0) is 0 Å². The summed E-state index contributed by atoms with van der Waals surface area (Å²) in [5.74, 6) is 0.730. The largest absolute Gasteiger partial charge is 0.367 e. The van der Waals surface area contributed by atoms with Gasteiger partial charge in [-0.1, -0.05) is 6.42 Å². The van der Waals surface area contributed by atoms with Crippen molar-refractivity contribution in [1.29, 1.82) is 5.26 Å². The summed E-state index contributed by atoms with van der Waals surface area (Å²) in [6.45, 7) is 9.39. The molecule has 0 aliphatic carbocycles. The molecule has 4 nitrogen and oxygen atoms in total. The smallest absolute Gasteiger partial charge is 0.144 e. The van der Waals surface area contributed by atoms with Gasteiger partial charge in [0, 0.05) is 18.3 Å². The molecule has 2 heterocycles. The minimum absolute atomic E-state index is 0.476. The molecule has 0 radical (unpaired) electrons. The number of rotatable bonds is 4. The first-order valence-electron chi connectivity index (χ1n) is 7.48. The van der Waals surface area contributed by atoms with Gasteiger partial charge in [-0.15, -0.1) is 0 Å².